The van der Waals surface area contributed by atoms with Gasteiger partial charge in [0.1, 0.15) is 0 Å². The molecule has 2 rings (SSSR count). The molecule has 106 valence electrons. The lowest BCUT2D eigenvalue weighted by Gasteiger charge is -2.21. The van der Waals surface area contributed by atoms with E-state index in [9.17, 15) is 0 Å². The molecule has 1 aromatic heterocycles. The van der Waals surface area contributed by atoms with E-state index in [0.29, 0.717) is 5.92 Å². The van der Waals surface area contributed by atoms with E-state index in [2.05, 4.69) is 23.3 Å². The van der Waals surface area contributed by atoms with Crippen molar-refractivity contribution in [2.45, 2.75) is 25.9 Å². The maximum Gasteiger partial charge on any atom is 0.0746 e. The van der Waals surface area contributed by atoms with E-state index in [1.165, 1.54) is 11.1 Å². The van der Waals surface area contributed by atoms with Gasteiger partial charge in [0.05, 0.1) is 12.7 Å². The number of methoxy groups -OCH3 is 1. The van der Waals surface area contributed by atoms with Crippen molar-refractivity contribution in [2.24, 2.45) is 5.92 Å². The fourth-order valence-corrected chi connectivity index (χ4v) is 2.54. The lowest BCUT2D eigenvalue weighted by Crippen LogP contribution is -2.35. The lowest BCUT2D eigenvalue weighted by molar-refractivity contribution is 0.0456. The molecular formula is C15H24N2O2. The highest BCUT2D eigenvalue weighted by molar-refractivity contribution is 5.21. The number of aryl methyl sites for hydroxylation is 1. The number of hydrogen-bond acceptors (Lipinski definition) is 4. The van der Waals surface area contributed by atoms with Crippen molar-refractivity contribution in [3.8, 4) is 0 Å². The van der Waals surface area contributed by atoms with Crippen molar-refractivity contribution in [1.82, 2.24) is 10.3 Å². The minimum Gasteiger partial charge on any atom is -0.381 e. The summed E-state index contributed by atoms with van der Waals surface area (Å²) in [4.78, 5) is 4.11. The fourth-order valence-electron chi connectivity index (χ4n) is 2.54. The topological polar surface area (TPSA) is 43.4 Å². The molecule has 2 heterocycles. The molecule has 2 unspecified atom stereocenters. The second-order valence-corrected chi connectivity index (χ2v) is 5.15. The van der Waals surface area contributed by atoms with E-state index in [-0.39, 0.29) is 6.10 Å². The second kappa shape index (κ2) is 7.58. The summed E-state index contributed by atoms with van der Waals surface area (Å²) in [5.74, 6) is 0.542. The first-order chi connectivity index (χ1) is 9.31. The van der Waals surface area contributed by atoms with Crippen LogP contribution in [0, 0.1) is 12.8 Å². The average Bonchev–Trinajstić information content (AvgIpc) is 2.95. The summed E-state index contributed by atoms with van der Waals surface area (Å²) >= 11 is 0. The van der Waals surface area contributed by atoms with Gasteiger partial charge in [0.15, 0.2) is 0 Å². The number of rotatable bonds is 7. The van der Waals surface area contributed by atoms with E-state index in [0.717, 1.165) is 39.1 Å². The minimum atomic E-state index is 0.265. The molecule has 1 aliphatic heterocycles. The summed E-state index contributed by atoms with van der Waals surface area (Å²) in [6.07, 6.45) is 6.19. The number of pyridine rings is 1. The zero-order valence-corrected chi connectivity index (χ0v) is 11.9. The Bertz CT molecular complexity index is 378. The summed E-state index contributed by atoms with van der Waals surface area (Å²) < 4.78 is 11.0. The van der Waals surface area contributed by atoms with Gasteiger partial charge in [0.25, 0.3) is 0 Å². The maximum atomic E-state index is 5.56. The van der Waals surface area contributed by atoms with Crippen LogP contribution in [0.2, 0.25) is 0 Å². The van der Waals surface area contributed by atoms with Crippen LogP contribution in [0.4, 0.5) is 0 Å². The molecule has 0 aliphatic carbocycles. The first-order valence-electron chi connectivity index (χ1n) is 7.02. The van der Waals surface area contributed by atoms with Crippen LogP contribution in [-0.2, 0) is 15.9 Å². The van der Waals surface area contributed by atoms with Crippen LogP contribution in [0.5, 0.6) is 0 Å². The van der Waals surface area contributed by atoms with Gasteiger partial charge in [-0.1, -0.05) is 0 Å². The summed E-state index contributed by atoms with van der Waals surface area (Å²) in [5.41, 5.74) is 2.62. The van der Waals surface area contributed by atoms with E-state index in [4.69, 9.17) is 9.47 Å². The Kier molecular flexibility index (Phi) is 5.76. The van der Waals surface area contributed by atoms with E-state index < -0.39 is 0 Å². The monoisotopic (exact) mass is 264 g/mol. The molecule has 4 nitrogen and oxygen atoms in total. The Balaban J connectivity index is 1.69. The highest BCUT2D eigenvalue weighted by Crippen LogP contribution is 2.18. The molecule has 1 aliphatic rings. The first kappa shape index (κ1) is 14.4. The molecule has 0 bridgehead atoms. The SMILES string of the molecule is COC(CNCCc1ccncc1C)C1CCOC1. The zero-order valence-electron chi connectivity index (χ0n) is 11.9. The van der Waals surface area contributed by atoms with Gasteiger partial charge < -0.3 is 14.8 Å². The molecule has 0 spiro atoms. The summed E-state index contributed by atoms with van der Waals surface area (Å²) in [7, 11) is 1.79. The Morgan fingerprint density at radius 3 is 3.16 bits per heavy atom. The van der Waals surface area contributed by atoms with Gasteiger partial charge in [-0.15, -0.1) is 0 Å². The number of aromatic nitrogens is 1. The smallest absolute Gasteiger partial charge is 0.0746 e. The van der Waals surface area contributed by atoms with E-state index >= 15 is 0 Å². The number of hydrogen-bond donors (Lipinski definition) is 1. The van der Waals surface area contributed by atoms with Gasteiger partial charge in [-0.3, -0.25) is 4.98 Å². The van der Waals surface area contributed by atoms with Gasteiger partial charge in [0, 0.05) is 38.6 Å². The van der Waals surface area contributed by atoms with Gasteiger partial charge in [-0.25, -0.2) is 0 Å². The first-order valence-corrected chi connectivity index (χ1v) is 7.02. The van der Waals surface area contributed by atoms with Crippen LogP contribution in [0.1, 0.15) is 17.5 Å². The Hall–Kier alpha value is -0.970. The summed E-state index contributed by atoms with van der Waals surface area (Å²) in [6, 6.07) is 2.09. The standard InChI is InChI=1S/C15H24N2O2/c1-12-9-16-6-3-13(12)4-7-17-10-15(18-2)14-5-8-19-11-14/h3,6,9,14-15,17H,4-5,7-8,10-11H2,1-2H3. The van der Waals surface area contributed by atoms with Crippen molar-refractivity contribution in [1.29, 1.82) is 0 Å². The molecule has 1 aromatic rings. The normalized spacial score (nSPS) is 20.6. The molecule has 4 heteroatoms. The van der Waals surface area contributed by atoms with Crippen LogP contribution in [0.15, 0.2) is 18.5 Å². The molecule has 2 atom stereocenters. The number of ether oxygens (including phenoxy) is 2. The quantitative estimate of drug-likeness (QED) is 0.759. The third-order valence-corrected chi connectivity index (χ3v) is 3.85. The summed E-state index contributed by atoms with van der Waals surface area (Å²) in [6.45, 7) is 5.69. The Labute approximate surface area is 115 Å². The van der Waals surface area contributed by atoms with E-state index in [1.807, 2.05) is 12.4 Å². The third kappa shape index (κ3) is 4.27. The molecule has 1 fully saturated rings. The van der Waals surface area contributed by atoms with Crippen LogP contribution < -0.4 is 5.32 Å². The molecule has 0 aromatic carbocycles. The predicted octanol–water partition coefficient (Wildman–Crippen LogP) is 1.57. The van der Waals surface area contributed by atoms with Crippen LogP contribution in [0.25, 0.3) is 0 Å². The highest BCUT2D eigenvalue weighted by Gasteiger charge is 2.25. The molecular weight excluding hydrogens is 240 g/mol. The molecule has 19 heavy (non-hydrogen) atoms. The van der Waals surface area contributed by atoms with Gasteiger partial charge in [-0.2, -0.15) is 0 Å². The van der Waals surface area contributed by atoms with Crippen molar-refractivity contribution in [3.05, 3.63) is 29.6 Å². The number of nitrogens with zero attached hydrogens (tertiary/aromatic N) is 1. The average molecular weight is 264 g/mol. The molecule has 0 radical (unpaired) electrons. The molecule has 0 amide bonds. The highest BCUT2D eigenvalue weighted by atomic mass is 16.5. The van der Waals surface area contributed by atoms with Crippen LogP contribution in [-0.4, -0.2) is 44.5 Å². The molecule has 1 N–H and O–H groups in total. The predicted molar refractivity (Wildman–Crippen MR) is 75.3 cm³/mol. The van der Waals surface area contributed by atoms with Gasteiger partial charge >= 0.3 is 0 Å². The van der Waals surface area contributed by atoms with Crippen molar-refractivity contribution in [2.75, 3.05) is 33.4 Å². The van der Waals surface area contributed by atoms with Crippen molar-refractivity contribution < 1.29 is 9.47 Å². The van der Waals surface area contributed by atoms with Gasteiger partial charge in [0.2, 0.25) is 0 Å². The maximum absolute atomic E-state index is 5.56. The van der Waals surface area contributed by atoms with Crippen LogP contribution >= 0.6 is 0 Å². The molecule has 1 saturated heterocycles. The zero-order chi connectivity index (χ0) is 13.5. The van der Waals surface area contributed by atoms with E-state index in [1.54, 1.807) is 7.11 Å². The minimum absolute atomic E-state index is 0.265. The second-order valence-electron chi connectivity index (χ2n) is 5.15. The lowest BCUT2D eigenvalue weighted by atomic mass is 10.0. The summed E-state index contributed by atoms with van der Waals surface area (Å²) in [5, 5.41) is 3.49. The third-order valence-electron chi connectivity index (χ3n) is 3.85. The van der Waals surface area contributed by atoms with Crippen LogP contribution in [0.3, 0.4) is 0 Å². The Morgan fingerprint density at radius 1 is 1.58 bits per heavy atom. The van der Waals surface area contributed by atoms with Gasteiger partial charge in [-0.05, 0) is 43.5 Å². The van der Waals surface area contributed by atoms with Crippen molar-refractivity contribution in [3.63, 3.8) is 0 Å². The van der Waals surface area contributed by atoms with Crippen molar-refractivity contribution >= 4 is 0 Å². The Morgan fingerprint density at radius 2 is 2.47 bits per heavy atom. The largest absolute Gasteiger partial charge is 0.381 e. The molecule has 0 saturated carbocycles. The number of nitrogens with one attached hydrogen (secondary N) is 1. The fraction of sp³-hybridized carbons (Fsp3) is 0.667.